The van der Waals surface area contributed by atoms with Crippen molar-refractivity contribution in [1.29, 1.82) is 0 Å². The van der Waals surface area contributed by atoms with Gasteiger partial charge in [-0.2, -0.15) is 0 Å². The van der Waals surface area contributed by atoms with Crippen LogP contribution in [0, 0.1) is 64.4 Å². The van der Waals surface area contributed by atoms with Crippen molar-refractivity contribution < 1.29 is 44.6 Å². The summed E-state index contributed by atoms with van der Waals surface area (Å²) in [6, 6.07) is 0. The van der Waals surface area contributed by atoms with Crippen LogP contribution in [0.4, 0.5) is 0 Å². The van der Waals surface area contributed by atoms with Gasteiger partial charge in [0.2, 0.25) is 5.91 Å². The number of hydrogen-bond donors (Lipinski definition) is 0. The van der Waals surface area contributed by atoms with Crippen LogP contribution in [0.15, 0.2) is 0 Å². The minimum atomic E-state index is -0.0537. The molecule has 1 heterocycles. The first-order valence-corrected chi connectivity index (χ1v) is 7.29. The number of hydrogen-bond acceptors (Lipinski definition) is 2. The van der Waals surface area contributed by atoms with Crippen molar-refractivity contribution in [1.82, 2.24) is 4.90 Å². The fourth-order valence-corrected chi connectivity index (χ4v) is 2.06. The zero-order valence-corrected chi connectivity index (χ0v) is 17.5. The topological polar surface area (TPSA) is 89.2 Å². The Labute approximate surface area is 171 Å². The second-order valence-corrected chi connectivity index (χ2v) is 4.41. The Morgan fingerprint density at radius 3 is 1.96 bits per heavy atom. The molecule has 2 rings (SSSR count). The number of piperidine rings is 1. The van der Waals surface area contributed by atoms with Gasteiger partial charge in [-0.3, -0.25) is 4.79 Å². The van der Waals surface area contributed by atoms with Crippen LogP contribution in [0.2, 0.25) is 0 Å². The molecule has 1 saturated heterocycles. The SMILES string of the molecule is [C-]#CCCCN1C(=O)CCCC1OC.[C-]#[O+].[C-]#[O+].[C-]#[O+].[CH]1[CH][CH][CH][CH]1.[W+2]. The molecule has 2 fully saturated rings. The van der Waals surface area contributed by atoms with E-state index in [2.05, 4.69) is 25.9 Å². The molecule has 1 saturated carbocycles. The van der Waals surface area contributed by atoms with E-state index >= 15 is 0 Å². The summed E-state index contributed by atoms with van der Waals surface area (Å²) in [5, 5.41) is 0. The molecule has 0 N–H and O–H groups in total. The van der Waals surface area contributed by atoms with E-state index in [-0.39, 0.29) is 33.2 Å². The van der Waals surface area contributed by atoms with E-state index in [4.69, 9.17) is 25.1 Å². The Bertz CT molecular complexity index is 389. The number of methoxy groups -OCH3 is 1. The monoisotopic (exact) mass is 527 g/mol. The van der Waals surface area contributed by atoms with E-state index in [1.165, 1.54) is 0 Å². The van der Waals surface area contributed by atoms with Gasteiger partial charge < -0.3 is 22.0 Å². The Balaban J connectivity index is -0.000000168. The third-order valence-corrected chi connectivity index (χ3v) is 3.04. The Morgan fingerprint density at radius 1 is 1.12 bits per heavy atom. The van der Waals surface area contributed by atoms with Crippen molar-refractivity contribution in [3.8, 4) is 5.92 Å². The average Bonchev–Trinajstić information content (AvgIpc) is 3.28. The molecule has 2 aliphatic rings. The Morgan fingerprint density at radius 2 is 1.58 bits per heavy atom. The summed E-state index contributed by atoms with van der Waals surface area (Å²) >= 11 is 0. The molecule has 137 valence electrons. The first-order valence-electron chi connectivity index (χ1n) is 7.29. The van der Waals surface area contributed by atoms with Crippen LogP contribution in [0.3, 0.4) is 0 Å². The van der Waals surface area contributed by atoms with E-state index in [1.807, 2.05) is 32.1 Å². The van der Waals surface area contributed by atoms with Crippen molar-refractivity contribution in [2.24, 2.45) is 0 Å². The molecule has 1 aliphatic heterocycles. The van der Waals surface area contributed by atoms with Gasteiger partial charge in [-0.1, -0.05) is 0 Å². The number of carbonyl (C=O) groups excluding carboxylic acids is 1. The normalized spacial score (nSPS) is 16.8. The fourth-order valence-electron chi connectivity index (χ4n) is 2.06. The molecule has 0 aromatic rings. The molecule has 0 aromatic heterocycles. The summed E-state index contributed by atoms with van der Waals surface area (Å²) < 4.78 is 27.7. The maximum atomic E-state index is 11.5. The number of likely N-dealkylation sites (tertiary alicyclic amines) is 1. The molecule has 1 aliphatic carbocycles. The minimum absolute atomic E-state index is 0. The summed E-state index contributed by atoms with van der Waals surface area (Å²) in [5.41, 5.74) is 0. The maximum Gasteiger partial charge on any atom is 2.00 e. The predicted octanol–water partition coefficient (Wildman–Crippen LogP) is 2.25. The molecule has 1 amide bonds. The molecule has 1 atom stereocenters. The fraction of sp³-hybridized carbons (Fsp3) is 0.421. The summed E-state index contributed by atoms with van der Waals surface area (Å²) in [6.07, 6.45) is 20.6. The first kappa shape index (κ1) is 32.6. The van der Waals surface area contributed by atoms with Gasteiger partial charge in [-0.05, 0) is 57.8 Å². The smallest absolute Gasteiger partial charge is 0.0312 e. The Hall–Kier alpha value is -1.10. The quantitative estimate of drug-likeness (QED) is 0.243. The third kappa shape index (κ3) is 17.7. The summed E-state index contributed by atoms with van der Waals surface area (Å²) in [7, 11) is 1.64. The van der Waals surface area contributed by atoms with Gasteiger partial charge in [0.25, 0.3) is 0 Å². The van der Waals surface area contributed by atoms with Crippen LogP contribution in [0.25, 0.3) is 0 Å². The second kappa shape index (κ2) is 28.7. The van der Waals surface area contributed by atoms with E-state index in [9.17, 15) is 4.79 Å². The zero-order valence-electron chi connectivity index (χ0n) is 14.6. The summed E-state index contributed by atoms with van der Waals surface area (Å²) in [4.78, 5) is 13.3. The van der Waals surface area contributed by atoms with Gasteiger partial charge in [-0.25, -0.2) is 0 Å². The van der Waals surface area contributed by atoms with Crippen LogP contribution in [-0.4, -0.2) is 30.7 Å². The largest absolute Gasteiger partial charge is 2.00 e. The van der Waals surface area contributed by atoms with Crippen LogP contribution in [0.5, 0.6) is 0 Å². The van der Waals surface area contributed by atoms with Crippen molar-refractivity contribution in [2.45, 2.75) is 38.3 Å². The van der Waals surface area contributed by atoms with Gasteiger partial charge in [0.05, 0.1) is 0 Å². The standard InChI is InChI=1S/C11H16NO2.C5H5.3CO.W/c1-3-4-5-9-12-10(13)7-6-8-11(12)14-2;1-2-4-5-3-1;3*1-2;/h11H,4-9H2,2H3;1-5H;;;;/q-1;;;;;+2. The number of carbonyl (C=O) groups is 1. The van der Waals surface area contributed by atoms with E-state index in [1.54, 1.807) is 12.0 Å². The molecule has 6 nitrogen and oxygen atoms in total. The molecular weight excluding hydrogens is 506 g/mol. The van der Waals surface area contributed by atoms with Crippen LogP contribution < -0.4 is 0 Å². The van der Waals surface area contributed by atoms with Crippen LogP contribution >= 0.6 is 0 Å². The minimum Gasteiger partial charge on any atom is -0.0312 e. The van der Waals surface area contributed by atoms with E-state index < -0.39 is 0 Å². The van der Waals surface area contributed by atoms with E-state index in [0.29, 0.717) is 19.4 Å². The molecular formula is C19H21NO5W+. The molecule has 0 bridgehead atoms. The number of rotatable bonds is 4. The third-order valence-electron chi connectivity index (χ3n) is 3.04. The molecule has 26 heavy (non-hydrogen) atoms. The van der Waals surface area contributed by atoms with Gasteiger partial charge in [-0.15, -0.1) is 0 Å². The first-order chi connectivity index (χ1) is 12.3. The predicted molar refractivity (Wildman–Crippen MR) is 86.0 cm³/mol. The van der Waals surface area contributed by atoms with Gasteiger partial charge in [0, 0.05) is 20.1 Å². The van der Waals surface area contributed by atoms with Crippen molar-refractivity contribution in [3.05, 3.63) is 58.5 Å². The van der Waals surface area contributed by atoms with Gasteiger partial charge in [0.1, 0.15) is 6.23 Å². The summed E-state index contributed by atoms with van der Waals surface area (Å²) in [5.74, 6) is 2.50. The molecule has 0 aromatic carbocycles. The Kier molecular flexibility index (Phi) is 35.9. The molecule has 5 radical (unpaired) electrons. The number of unbranched alkanes of at least 4 members (excludes halogenated alkanes) is 1. The van der Waals surface area contributed by atoms with Gasteiger partial charge >= 0.3 is 55.0 Å². The summed E-state index contributed by atoms with van der Waals surface area (Å²) in [6.45, 7) is 14.2. The van der Waals surface area contributed by atoms with Crippen LogP contribution in [0.1, 0.15) is 32.1 Å². The number of ether oxygens (including phenoxy) is 1. The van der Waals surface area contributed by atoms with Crippen molar-refractivity contribution >= 4 is 5.91 Å². The van der Waals surface area contributed by atoms with Crippen molar-refractivity contribution in [3.63, 3.8) is 0 Å². The van der Waals surface area contributed by atoms with E-state index in [0.717, 1.165) is 19.3 Å². The van der Waals surface area contributed by atoms with Gasteiger partial charge in [0.15, 0.2) is 0 Å². The second-order valence-electron chi connectivity index (χ2n) is 4.41. The maximum absolute atomic E-state index is 11.5. The molecule has 0 spiro atoms. The van der Waals surface area contributed by atoms with Crippen molar-refractivity contribution in [2.75, 3.05) is 13.7 Å². The number of amides is 1. The molecule has 7 heteroatoms. The molecule has 1 unspecified atom stereocenters. The zero-order chi connectivity index (χ0) is 19.9. The van der Waals surface area contributed by atoms with Crippen LogP contribution in [-0.2, 0) is 44.6 Å². The number of nitrogens with zero attached hydrogens (tertiary/aromatic N) is 1. The average molecular weight is 527 g/mol.